The van der Waals surface area contributed by atoms with Crippen LogP contribution in [0.2, 0.25) is 0 Å². The van der Waals surface area contributed by atoms with Crippen LogP contribution in [0.1, 0.15) is 18.4 Å². The minimum atomic E-state index is -3.74. The highest BCUT2D eigenvalue weighted by Gasteiger charge is 2.20. The van der Waals surface area contributed by atoms with Crippen LogP contribution in [-0.2, 0) is 14.8 Å². The van der Waals surface area contributed by atoms with E-state index >= 15 is 0 Å². The Hall–Kier alpha value is -2.32. The van der Waals surface area contributed by atoms with Crippen LogP contribution in [-0.4, -0.2) is 44.4 Å². The molecule has 0 aromatic heterocycles. The number of aryl methyl sites for hydroxylation is 1. The van der Waals surface area contributed by atoms with Crippen molar-refractivity contribution in [3.05, 3.63) is 54.1 Å². The van der Waals surface area contributed by atoms with Crippen molar-refractivity contribution >= 4 is 39.2 Å². The van der Waals surface area contributed by atoms with Crippen molar-refractivity contribution in [1.82, 2.24) is 4.90 Å². The number of hydrogen-bond acceptors (Lipinski definition) is 4. The van der Waals surface area contributed by atoms with E-state index in [1.807, 2.05) is 43.1 Å². The summed E-state index contributed by atoms with van der Waals surface area (Å²) in [6.07, 6.45) is 1.58. The van der Waals surface area contributed by atoms with E-state index in [1.54, 1.807) is 12.1 Å². The second-order valence-corrected chi connectivity index (χ2v) is 9.33. The highest BCUT2D eigenvalue weighted by molar-refractivity contribution is 8.00. The van der Waals surface area contributed by atoms with Crippen molar-refractivity contribution < 1.29 is 13.2 Å². The summed E-state index contributed by atoms with van der Waals surface area (Å²) in [6.45, 7) is 2.84. The Kier molecular flexibility index (Phi) is 6.41. The van der Waals surface area contributed by atoms with Gasteiger partial charge in [-0.3, -0.25) is 4.79 Å². The monoisotopic (exact) mass is 417 g/mol. The third kappa shape index (κ3) is 5.36. The van der Waals surface area contributed by atoms with Crippen LogP contribution in [0.25, 0.3) is 0 Å². The Morgan fingerprint density at radius 1 is 1.14 bits per heavy atom. The highest BCUT2D eigenvalue weighted by atomic mass is 32.2. The Labute approximate surface area is 170 Å². The Bertz CT molecular complexity index is 969. The number of carbonyl (C=O) groups excluding carboxylic acids is 1. The fourth-order valence-corrected chi connectivity index (χ4v) is 4.58. The van der Waals surface area contributed by atoms with Gasteiger partial charge in [-0.05, 0) is 49.7 Å². The van der Waals surface area contributed by atoms with Crippen molar-refractivity contribution in [2.75, 3.05) is 24.7 Å². The molecule has 6 nitrogen and oxygen atoms in total. The first-order valence-corrected chi connectivity index (χ1v) is 11.4. The van der Waals surface area contributed by atoms with Gasteiger partial charge in [0.15, 0.2) is 0 Å². The lowest BCUT2D eigenvalue weighted by atomic mass is 10.2. The molecule has 28 heavy (non-hydrogen) atoms. The largest absolute Gasteiger partial charge is 0.362 e. The van der Waals surface area contributed by atoms with E-state index in [0.717, 1.165) is 17.9 Å². The Morgan fingerprint density at radius 3 is 2.43 bits per heavy atom. The fourth-order valence-electron chi connectivity index (χ4n) is 2.79. The smallest absolute Gasteiger partial charge is 0.283 e. The number of carbonyl (C=O) groups is 1. The first-order valence-electron chi connectivity index (χ1n) is 8.98. The third-order valence-electron chi connectivity index (χ3n) is 4.39. The zero-order valence-corrected chi connectivity index (χ0v) is 17.5. The van der Waals surface area contributed by atoms with Crippen molar-refractivity contribution in [1.29, 1.82) is 0 Å². The minimum Gasteiger partial charge on any atom is -0.362 e. The lowest BCUT2D eigenvalue weighted by Crippen LogP contribution is -2.20. The van der Waals surface area contributed by atoms with Crippen LogP contribution in [0.3, 0.4) is 0 Å². The van der Waals surface area contributed by atoms with E-state index in [-0.39, 0.29) is 16.6 Å². The van der Waals surface area contributed by atoms with Gasteiger partial charge >= 0.3 is 0 Å². The lowest BCUT2D eigenvalue weighted by Gasteiger charge is -2.11. The molecule has 0 bridgehead atoms. The number of amidine groups is 1. The molecule has 1 aliphatic rings. The van der Waals surface area contributed by atoms with Crippen LogP contribution in [0.4, 0.5) is 5.69 Å². The van der Waals surface area contributed by atoms with Gasteiger partial charge in [0, 0.05) is 30.6 Å². The third-order valence-corrected chi connectivity index (χ3v) is 6.72. The molecule has 148 valence electrons. The van der Waals surface area contributed by atoms with E-state index < -0.39 is 10.0 Å². The number of thioether (sulfide) groups is 1. The number of likely N-dealkylation sites (tertiary alicyclic amines) is 1. The number of nitrogens with zero attached hydrogens (tertiary/aromatic N) is 2. The zero-order chi connectivity index (χ0) is 20.1. The van der Waals surface area contributed by atoms with Gasteiger partial charge in [-0.15, -0.1) is 16.2 Å². The van der Waals surface area contributed by atoms with Crippen LogP contribution >= 0.6 is 11.8 Å². The first-order chi connectivity index (χ1) is 13.3. The molecule has 1 saturated heterocycles. The molecule has 0 aliphatic carbocycles. The molecule has 0 atom stereocenters. The van der Waals surface area contributed by atoms with Gasteiger partial charge in [-0.1, -0.05) is 17.7 Å². The SMILES string of the molecule is Cc1ccc(SCC(=O)Nc2ccc(S(=O)(=O)N=C3CCCN3C)cc2)cc1. The molecule has 8 heteroatoms. The Balaban J connectivity index is 1.59. The summed E-state index contributed by atoms with van der Waals surface area (Å²) in [7, 11) is -1.90. The normalized spacial score (nSPS) is 15.8. The molecule has 2 aromatic carbocycles. The maximum absolute atomic E-state index is 12.4. The molecule has 1 aliphatic heterocycles. The Morgan fingerprint density at radius 2 is 1.82 bits per heavy atom. The molecule has 1 heterocycles. The van der Waals surface area contributed by atoms with Gasteiger partial charge in [0.05, 0.1) is 10.6 Å². The minimum absolute atomic E-state index is 0.118. The predicted molar refractivity (Wildman–Crippen MR) is 113 cm³/mol. The molecule has 0 radical (unpaired) electrons. The van der Waals surface area contributed by atoms with Crippen molar-refractivity contribution in [3.8, 4) is 0 Å². The number of anilines is 1. The highest BCUT2D eigenvalue weighted by Crippen LogP contribution is 2.21. The molecule has 1 amide bonds. The maximum atomic E-state index is 12.4. The molecular formula is C20H23N3O3S2. The quantitative estimate of drug-likeness (QED) is 0.728. The first kappa shape index (κ1) is 20.4. The second kappa shape index (κ2) is 8.79. The summed E-state index contributed by atoms with van der Waals surface area (Å²) in [5, 5.41) is 2.78. The summed E-state index contributed by atoms with van der Waals surface area (Å²) < 4.78 is 28.8. The summed E-state index contributed by atoms with van der Waals surface area (Å²) in [6, 6.07) is 14.1. The fraction of sp³-hybridized carbons (Fsp3) is 0.300. The number of sulfonamides is 1. The molecule has 0 unspecified atom stereocenters. The summed E-state index contributed by atoms with van der Waals surface area (Å²) in [5.74, 6) is 0.725. The van der Waals surface area contributed by atoms with Crippen molar-refractivity contribution in [3.63, 3.8) is 0 Å². The molecule has 3 rings (SSSR count). The van der Waals surface area contributed by atoms with Crippen LogP contribution in [0.15, 0.2) is 62.7 Å². The average molecular weight is 418 g/mol. The number of rotatable bonds is 6. The van der Waals surface area contributed by atoms with Gasteiger partial charge in [0.25, 0.3) is 10.0 Å². The van der Waals surface area contributed by atoms with E-state index in [4.69, 9.17) is 0 Å². The van der Waals surface area contributed by atoms with Gasteiger partial charge in [0.2, 0.25) is 5.91 Å². The van der Waals surface area contributed by atoms with E-state index in [0.29, 0.717) is 17.9 Å². The number of hydrogen-bond donors (Lipinski definition) is 1. The second-order valence-electron chi connectivity index (χ2n) is 6.68. The zero-order valence-electron chi connectivity index (χ0n) is 15.9. The van der Waals surface area contributed by atoms with Gasteiger partial charge in [-0.25, -0.2) is 0 Å². The predicted octanol–water partition coefficient (Wildman–Crippen LogP) is 3.54. The van der Waals surface area contributed by atoms with Crippen LogP contribution in [0.5, 0.6) is 0 Å². The van der Waals surface area contributed by atoms with Gasteiger partial charge < -0.3 is 10.2 Å². The van der Waals surface area contributed by atoms with Crippen LogP contribution in [0, 0.1) is 6.92 Å². The number of nitrogens with one attached hydrogen (secondary N) is 1. The summed E-state index contributed by atoms with van der Waals surface area (Å²) >= 11 is 1.45. The lowest BCUT2D eigenvalue weighted by molar-refractivity contribution is -0.113. The standard InChI is InChI=1S/C20H23N3O3S2/c1-15-5-9-17(10-6-15)27-14-20(24)21-16-7-11-18(12-8-16)28(25,26)22-19-4-3-13-23(19)2/h5-12H,3-4,13-14H2,1-2H3,(H,21,24). The molecular weight excluding hydrogens is 394 g/mol. The van der Waals surface area contributed by atoms with E-state index in [2.05, 4.69) is 9.71 Å². The molecule has 2 aromatic rings. The van der Waals surface area contributed by atoms with Crippen LogP contribution < -0.4 is 5.32 Å². The molecule has 1 N–H and O–H groups in total. The average Bonchev–Trinajstić information content (AvgIpc) is 3.06. The van der Waals surface area contributed by atoms with E-state index in [9.17, 15) is 13.2 Å². The maximum Gasteiger partial charge on any atom is 0.283 e. The van der Waals surface area contributed by atoms with Crippen molar-refractivity contribution in [2.45, 2.75) is 29.6 Å². The summed E-state index contributed by atoms with van der Waals surface area (Å²) in [5.41, 5.74) is 1.73. The van der Waals surface area contributed by atoms with E-state index in [1.165, 1.54) is 29.5 Å². The van der Waals surface area contributed by atoms with Gasteiger partial charge in [-0.2, -0.15) is 8.42 Å². The topological polar surface area (TPSA) is 78.8 Å². The molecule has 1 fully saturated rings. The van der Waals surface area contributed by atoms with Gasteiger partial charge in [0.1, 0.15) is 5.84 Å². The number of amides is 1. The number of benzene rings is 2. The molecule has 0 spiro atoms. The van der Waals surface area contributed by atoms with Crippen molar-refractivity contribution in [2.24, 2.45) is 4.40 Å². The summed E-state index contributed by atoms with van der Waals surface area (Å²) in [4.78, 5) is 15.1. The molecule has 0 saturated carbocycles.